The van der Waals surface area contributed by atoms with Crippen molar-refractivity contribution in [3.8, 4) is 0 Å². The van der Waals surface area contributed by atoms with Crippen molar-refractivity contribution in [2.75, 3.05) is 13.1 Å². The molecule has 25 heavy (non-hydrogen) atoms. The molecule has 0 heterocycles. The molecule has 6 heteroatoms. The van der Waals surface area contributed by atoms with Crippen LogP contribution in [0.2, 0.25) is 0 Å². The zero-order chi connectivity index (χ0) is 17.7. The Balaban J connectivity index is 0.00000312. The minimum absolute atomic E-state index is 0. The molecule has 1 aromatic carbocycles. The van der Waals surface area contributed by atoms with Crippen LogP contribution in [0.3, 0.4) is 0 Å². The van der Waals surface area contributed by atoms with E-state index in [0.29, 0.717) is 17.9 Å². The van der Waals surface area contributed by atoms with Crippen LogP contribution in [0.25, 0.3) is 0 Å². The number of carbonyl (C=O) groups is 1. The summed E-state index contributed by atoms with van der Waals surface area (Å²) in [4.78, 5) is 16.3. The number of amides is 1. The standard InChI is InChI=1S/C19H30N4O.HI/c1-6-20-18(21-12-17(24)23-19(3,4)5)22-16-11-15(16)14-10-8-7-9-13(14)2;/h7-10,15-16H,6,11-12H2,1-5H3,(H,23,24)(H2,20,21,22);1H. The summed E-state index contributed by atoms with van der Waals surface area (Å²) < 4.78 is 0. The maximum Gasteiger partial charge on any atom is 0.242 e. The number of aliphatic imine (C=N–C) groups is 1. The predicted molar refractivity (Wildman–Crippen MR) is 115 cm³/mol. The van der Waals surface area contributed by atoms with Gasteiger partial charge >= 0.3 is 0 Å². The minimum Gasteiger partial charge on any atom is -0.357 e. The number of guanidine groups is 1. The Kier molecular flexibility index (Phi) is 8.18. The summed E-state index contributed by atoms with van der Waals surface area (Å²) in [5, 5.41) is 9.59. The van der Waals surface area contributed by atoms with Crippen molar-refractivity contribution in [1.82, 2.24) is 16.0 Å². The molecule has 2 atom stereocenters. The number of carbonyl (C=O) groups excluding carboxylic acids is 1. The molecule has 3 N–H and O–H groups in total. The Bertz CT molecular complexity index is 610. The van der Waals surface area contributed by atoms with Gasteiger partial charge in [0.15, 0.2) is 5.96 Å². The number of hydrogen-bond donors (Lipinski definition) is 3. The number of hydrogen-bond acceptors (Lipinski definition) is 2. The van der Waals surface area contributed by atoms with Gasteiger partial charge in [-0.2, -0.15) is 0 Å². The second kappa shape index (κ2) is 9.40. The first kappa shape index (κ1) is 21.7. The average molecular weight is 458 g/mol. The van der Waals surface area contributed by atoms with Gasteiger partial charge in [-0.25, -0.2) is 4.99 Å². The smallest absolute Gasteiger partial charge is 0.242 e. The molecule has 1 amide bonds. The van der Waals surface area contributed by atoms with Crippen LogP contribution >= 0.6 is 24.0 Å². The molecule has 0 aliphatic heterocycles. The molecule has 0 aromatic heterocycles. The molecule has 0 saturated heterocycles. The molecule has 1 fully saturated rings. The SMILES string of the molecule is CCNC(=NCC(=O)NC(C)(C)C)NC1CC1c1ccccc1C.I. The lowest BCUT2D eigenvalue weighted by Gasteiger charge is -2.20. The molecule has 140 valence electrons. The Labute approximate surface area is 168 Å². The zero-order valence-electron chi connectivity index (χ0n) is 15.8. The number of rotatable bonds is 5. The fraction of sp³-hybridized carbons (Fsp3) is 0.579. The molecule has 2 rings (SSSR count). The highest BCUT2D eigenvalue weighted by Gasteiger charge is 2.39. The summed E-state index contributed by atoms with van der Waals surface area (Å²) in [6.07, 6.45) is 1.10. The van der Waals surface area contributed by atoms with Crippen molar-refractivity contribution in [3.05, 3.63) is 35.4 Å². The second-order valence-corrected chi connectivity index (χ2v) is 7.44. The maximum absolute atomic E-state index is 11.9. The van der Waals surface area contributed by atoms with Crippen molar-refractivity contribution >= 4 is 35.8 Å². The third-order valence-electron chi connectivity index (χ3n) is 3.94. The van der Waals surface area contributed by atoms with Crippen LogP contribution in [-0.4, -0.2) is 36.5 Å². The van der Waals surface area contributed by atoms with E-state index in [1.807, 2.05) is 27.7 Å². The van der Waals surface area contributed by atoms with E-state index in [4.69, 9.17) is 0 Å². The molecule has 0 radical (unpaired) electrons. The topological polar surface area (TPSA) is 65.5 Å². The van der Waals surface area contributed by atoms with E-state index in [-0.39, 0.29) is 42.0 Å². The van der Waals surface area contributed by atoms with E-state index in [0.717, 1.165) is 13.0 Å². The highest BCUT2D eigenvalue weighted by molar-refractivity contribution is 14.0. The van der Waals surface area contributed by atoms with E-state index >= 15 is 0 Å². The highest BCUT2D eigenvalue weighted by Crippen LogP contribution is 2.41. The van der Waals surface area contributed by atoms with E-state index < -0.39 is 0 Å². The molecule has 2 unspecified atom stereocenters. The zero-order valence-corrected chi connectivity index (χ0v) is 18.2. The van der Waals surface area contributed by atoms with Crippen molar-refractivity contribution in [2.24, 2.45) is 4.99 Å². The largest absolute Gasteiger partial charge is 0.357 e. The number of nitrogens with one attached hydrogen (secondary N) is 3. The van der Waals surface area contributed by atoms with Crippen LogP contribution in [-0.2, 0) is 4.79 Å². The van der Waals surface area contributed by atoms with Crippen LogP contribution in [0.5, 0.6) is 0 Å². The van der Waals surface area contributed by atoms with Crippen molar-refractivity contribution in [3.63, 3.8) is 0 Å². The molecule has 1 saturated carbocycles. The van der Waals surface area contributed by atoms with Crippen LogP contribution in [0.4, 0.5) is 0 Å². The molecule has 5 nitrogen and oxygen atoms in total. The van der Waals surface area contributed by atoms with Crippen molar-refractivity contribution in [2.45, 2.75) is 58.5 Å². The van der Waals surface area contributed by atoms with E-state index in [9.17, 15) is 4.79 Å². The van der Waals surface area contributed by atoms with Crippen LogP contribution in [0.1, 0.15) is 51.2 Å². The summed E-state index contributed by atoms with van der Waals surface area (Å²) in [6.45, 7) is 11.0. The van der Waals surface area contributed by atoms with Gasteiger partial charge in [0, 0.05) is 24.0 Å². The molecular weight excluding hydrogens is 427 g/mol. The van der Waals surface area contributed by atoms with E-state index in [1.54, 1.807) is 0 Å². The molecule has 0 spiro atoms. The third kappa shape index (κ3) is 7.22. The van der Waals surface area contributed by atoms with Gasteiger partial charge in [-0.3, -0.25) is 4.79 Å². The van der Waals surface area contributed by atoms with Gasteiger partial charge in [-0.1, -0.05) is 24.3 Å². The third-order valence-corrected chi connectivity index (χ3v) is 3.94. The second-order valence-electron chi connectivity index (χ2n) is 7.44. The lowest BCUT2D eigenvalue weighted by Crippen LogP contribution is -2.43. The number of aryl methyl sites for hydroxylation is 1. The summed E-state index contributed by atoms with van der Waals surface area (Å²) >= 11 is 0. The Morgan fingerprint density at radius 3 is 2.56 bits per heavy atom. The van der Waals surface area contributed by atoms with Gasteiger partial charge in [-0.05, 0) is 52.2 Å². The van der Waals surface area contributed by atoms with Gasteiger partial charge in [0.2, 0.25) is 5.91 Å². The molecule has 1 aliphatic carbocycles. The van der Waals surface area contributed by atoms with Gasteiger partial charge in [0.25, 0.3) is 0 Å². The van der Waals surface area contributed by atoms with Gasteiger partial charge in [0.05, 0.1) is 0 Å². The van der Waals surface area contributed by atoms with Crippen LogP contribution in [0, 0.1) is 6.92 Å². The summed E-state index contributed by atoms with van der Waals surface area (Å²) in [6, 6.07) is 8.90. The molecule has 0 bridgehead atoms. The van der Waals surface area contributed by atoms with Crippen LogP contribution < -0.4 is 16.0 Å². The number of halogens is 1. The van der Waals surface area contributed by atoms with E-state index in [1.165, 1.54) is 11.1 Å². The van der Waals surface area contributed by atoms with Crippen molar-refractivity contribution in [1.29, 1.82) is 0 Å². The quantitative estimate of drug-likeness (QED) is 0.361. The monoisotopic (exact) mass is 458 g/mol. The van der Waals surface area contributed by atoms with Gasteiger partial charge in [0.1, 0.15) is 6.54 Å². The van der Waals surface area contributed by atoms with Crippen molar-refractivity contribution < 1.29 is 4.79 Å². The highest BCUT2D eigenvalue weighted by atomic mass is 127. The predicted octanol–water partition coefficient (Wildman–Crippen LogP) is 2.94. The average Bonchev–Trinajstić information content (AvgIpc) is 3.23. The van der Waals surface area contributed by atoms with Gasteiger partial charge in [-0.15, -0.1) is 24.0 Å². The fourth-order valence-electron chi connectivity index (χ4n) is 2.81. The minimum atomic E-state index is -0.231. The molecule has 1 aliphatic rings. The summed E-state index contributed by atoms with van der Waals surface area (Å²) in [7, 11) is 0. The normalized spacial score (nSPS) is 19.6. The molecular formula is C19H31IN4O. The van der Waals surface area contributed by atoms with E-state index in [2.05, 4.69) is 52.1 Å². The number of nitrogens with zero attached hydrogens (tertiary/aromatic N) is 1. The van der Waals surface area contributed by atoms with Crippen LogP contribution in [0.15, 0.2) is 29.3 Å². The van der Waals surface area contributed by atoms with Gasteiger partial charge < -0.3 is 16.0 Å². The number of benzene rings is 1. The first-order valence-electron chi connectivity index (χ1n) is 8.71. The first-order chi connectivity index (χ1) is 11.3. The fourth-order valence-corrected chi connectivity index (χ4v) is 2.81. The Hall–Kier alpha value is -1.31. The lowest BCUT2D eigenvalue weighted by atomic mass is 10.0. The summed E-state index contributed by atoms with van der Waals surface area (Å²) in [5.74, 6) is 1.17. The summed E-state index contributed by atoms with van der Waals surface area (Å²) in [5.41, 5.74) is 2.50. The Morgan fingerprint density at radius 1 is 1.28 bits per heavy atom. The first-order valence-corrected chi connectivity index (χ1v) is 8.71. The molecule has 1 aromatic rings. The lowest BCUT2D eigenvalue weighted by molar-refractivity contribution is -0.121. The Morgan fingerprint density at radius 2 is 1.96 bits per heavy atom. The maximum atomic E-state index is 11.9.